The van der Waals surface area contributed by atoms with Crippen LogP contribution in [0.15, 0.2) is 97.2 Å². The van der Waals surface area contributed by atoms with Crippen LogP contribution in [0, 0.1) is 25.6 Å². The first-order valence-corrected chi connectivity index (χ1v) is 19.0. The highest BCUT2D eigenvalue weighted by Crippen LogP contribution is 2.27. The van der Waals surface area contributed by atoms with E-state index in [0.717, 1.165) is 77.0 Å². The van der Waals surface area contributed by atoms with Gasteiger partial charge >= 0.3 is 0 Å². The van der Waals surface area contributed by atoms with Gasteiger partial charge in [0.15, 0.2) is 11.6 Å². The van der Waals surface area contributed by atoms with E-state index in [1.807, 2.05) is 56.4 Å². The third kappa shape index (κ3) is 8.88. The molecule has 0 spiro atoms. The van der Waals surface area contributed by atoms with Crippen molar-refractivity contribution < 1.29 is 23.5 Å². The van der Waals surface area contributed by atoms with Crippen molar-refractivity contribution in [1.82, 2.24) is 24.7 Å². The van der Waals surface area contributed by atoms with Crippen molar-refractivity contribution in [3.05, 3.63) is 137 Å². The number of likely N-dealkylation sites (tertiary alicyclic amines) is 1. The lowest BCUT2D eigenvalue weighted by Gasteiger charge is -2.34. The van der Waals surface area contributed by atoms with Crippen LogP contribution in [-0.2, 0) is 6.54 Å². The normalized spacial score (nSPS) is 15.5. The maximum Gasteiger partial charge on any atom is 0.270 e. The van der Waals surface area contributed by atoms with Gasteiger partial charge in [-0.2, -0.15) is 0 Å². The van der Waals surface area contributed by atoms with Crippen molar-refractivity contribution in [2.45, 2.75) is 33.2 Å². The van der Waals surface area contributed by atoms with Crippen LogP contribution in [-0.4, -0.2) is 95.1 Å². The number of piperazine rings is 1. The first-order valence-electron chi connectivity index (χ1n) is 19.0. The van der Waals surface area contributed by atoms with Gasteiger partial charge in [0.1, 0.15) is 17.3 Å². The second kappa shape index (κ2) is 16.8. The van der Waals surface area contributed by atoms with Crippen molar-refractivity contribution in [3.8, 4) is 5.75 Å². The molecule has 2 fully saturated rings. The molecule has 0 radical (unpaired) electrons. The summed E-state index contributed by atoms with van der Waals surface area (Å²) in [6, 6.07) is 28.1. The molecule has 0 saturated carbocycles. The predicted octanol–water partition coefficient (Wildman–Crippen LogP) is 7.84. The number of hydrogen-bond acceptors (Lipinski definition) is 6. The Labute approximate surface area is 321 Å². The molecule has 2 aliphatic heterocycles. The lowest BCUT2D eigenvalue weighted by molar-refractivity contribution is 0.0646. The number of nitrogens with zero attached hydrogens (tertiary/aromatic N) is 3. The highest BCUT2D eigenvalue weighted by atomic mass is 19.1. The monoisotopic (exact) mass is 741 g/mol. The molecule has 0 bridgehead atoms. The molecule has 9 nitrogen and oxygen atoms in total. The lowest BCUT2D eigenvalue weighted by Crippen LogP contribution is -2.47. The summed E-state index contributed by atoms with van der Waals surface area (Å²) in [5.41, 5.74) is 7.46. The largest absolute Gasteiger partial charge is 0.497 e. The minimum Gasteiger partial charge on any atom is -0.497 e. The number of hydrogen-bond donors (Lipinski definition) is 2. The number of carbonyl (C=O) groups is 3. The van der Waals surface area contributed by atoms with E-state index in [1.165, 1.54) is 29.8 Å². The van der Waals surface area contributed by atoms with E-state index in [4.69, 9.17) is 4.74 Å². The summed E-state index contributed by atoms with van der Waals surface area (Å²) in [7, 11) is 1.64. The number of Topliss-reactive ketones (excluding diaryl/α,β-unsaturated/α-hetero) is 2. The predicted molar refractivity (Wildman–Crippen MR) is 214 cm³/mol. The fourth-order valence-electron chi connectivity index (χ4n) is 7.77. The summed E-state index contributed by atoms with van der Waals surface area (Å²) >= 11 is 0. The zero-order valence-corrected chi connectivity index (χ0v) is 31.7. The Morgan fingerprint density at radius 2 is 1.49 bits per heavy atom. The van der Waals surface area contributed by atoms with E-state index in [0.29, 0.717) is 43.7 Å². The van der Waals surface area contributed by atoms with Crippen molar-refractivity contribution in [3.63, 3.8) is 0 Å². The van der Waals surface area contributed by atoms with Gasteiger partial charge in [0.05, 0.1) is 13.7 Å². The molecule has 4 heterocycles. The first kappa shape index (κ1) is 37.7. The van der Waals surface area contributed by atoms with Crippen molar-refractivity contribution >= 4 is 39.3 Å². The van der Waals surface area contributed by atoms with E-state index in [2.05, 4.69) is 50.1 Å². The van der Waals surface area contributed by atoms with Crippen LogP contribution >= 0.6 is 0 Å². The molecule has 6 aromatic rings. The number of aromatic nitrogens is 2. The number of nitrogens with one attached hydrogen (secondary N) is 2. The number of ether oxygens (including phenoxy) is 1. The highest BCUT2D eigenvalue weighted by Gasteiger charge is 2.29. The molecule has 2 saturated heterocycles. The summed E-state index contributed by atoms with van der Waals surface area (Å²) in [5, 5.41) is 2.00. The first-order chi connectivity index (χ1) is 26.6. The SMILES string of the molecule is COc1ccc2[nH]cc(C(=O)CN3CCN(Cc4ccccc4)CC3)c2c1.Cc1cc(C)c2cc(C(=O)N3CCC(C(=O)c4ccc(F)cc4)CC3)[nH]c2c1. The summed E-state index contributed by atoms with van der Waals surface area (Å²) in [4.78, 5) is 51.3. The maximum absolute atomic E-state index is 13.1. The Bertz CT molecular complexity index is 2280. The molecule has 0 atom stereocenters. The molecule has 2 aromatic heterocycles. The number of piperidine rings is 1. The number of aryl methyl sites for hydroxylation is 2. The van der Waals surface area contributed by atoms with E-state index in [9.17, 15) is 18.8 Å². The second-order valence-corrected chi connectivity index (χ2v) is 14.7. The van der Waals surface area contributed by atoms with Gasteiger partial charge in [0.25, 0.3) is 5.91 Å². The number of amides is 1. The maximum atomic E-state index is 13.1. The molecule has 4 aromatic carbocycles. The molecule has 2 aliphatic rings. The lowest BCUT2D eigenvalue weighted by atomic mass is 9.89. The average Bonchev–Trinajstić information content (AvgIpc) is 3.84. The summed E-state index contributed by atoms with van der Waals surface area (Å²) in [6.07, 6.45) is 3.07. The minimum absolute atomic E-state index is 0.0269. The van der Waals surface area contributed by atoms with E-state index in [-0.39, 0.29) is 29.2 Å². The van der Waals surface area contributed by atoms with Gasteiger partial charge in [-0.05, 0) is 98.0 Å². The molecule has 284 valence electrons. The second-order valence-electron chi connectivity index (χ2n) is 14.7. The van der Waals surface area contributed by atoms with Gasteiger partial charge in [-0.3, -0.25) is 24.2 Å². The molecule has 0 unspecified atom stereocenters. The van der Waals surface area contributed by atoms with Crippen LogP contribution in [0.3, 0.4) is 0 Å². The van der Waals surface area contributed by atoms with Crippen molar-refractivity contribution in [2.75, 3.05) is 52.9 Å². The smallest absolute Gasteiger partial charge is 0.270 e. The topological polar surface area (TPSA) is 102 Å². The van der Waals surface area contributed by atoms with Crippen molar-refractivity contribution in [1.29, 1.82) is 0 Å². The summed E-state index contributed by atoms with van der Waals surface area (Å²) in [6.45, 7) is 10.4. The number of methoxy groups -OCH3 is 1. The highest BCUT2D eigenvalue weighted by molar-refractivity contribution is 6.09. The third-order valence-electron chi connectivity index (χ3n) is 10.9. The molecular formula is C45H48FN5O4. The van der Waals surface area contributed by atoms with Gasteiger partial charge in [-0.25, -0.2) is 4.39 Å². The molecule has 1 amide bonds. The van der Waals surface area contributed by atoms with Gasteiger partial charge in [-0.1, -0.05) is 36.4 Å². The number of fused-ring (bicyclic) bond motifs is 2. The average molecular weight is 742 g/mol. The Kier molecular flexibility index (Phi) is 11.5. The number of H-pyrrole nitrogens is 2. The van der Waals surface area contributed by atoms with Crippen LogP contribution in [0.4, 0.5) is 4.39 Å². The summed E-state index contributed by atoms with van der Waals surface area (Å²) in [5.74, 6) is 0.462. The molecule has 2 N–H and O–H groups in total. The van der Waals surface area contributed by atoms with Crippen molar-refractivity contribution in [2.24, 2.45) is 5.92 Å². The van der Waals surface area contributed by atoms with Gasteiger partial charge in [-0.15, -0.1) is 0 Å². The Balaban J connectivity index is 0.000000169. The quantitative estimate of drug-likeness (QED) is 0.147. The third-order valence-corrected chi connectivity index (χ3v) is 10.9. The number of carbonyl (C=O) groups excluding carboxylic acids is 3. The van der Waals surface area contributed by atoms with Gasteiger partial charge in [0.2, 0.25) is 0 Å². The number of aromatic amines is 2. The molecule has 10 heteroatoms. The molecule has 55 heavy (non-hydrogen) atoms. The number of ketones is 2. The van der Waals surface area contributed by atoms with Gasteiger partial charge < -0.3 is 19.6 Å². The van der Waals surface area contributed by atoms with Crippen LogP contribution < -0.4 is 4.74 Å². The zero-order valence-electron chi connectivity index (χ0n) is 31.7. The van der Waals surface area contributed by atoms with E-state index >= 15 is 0 Å². The molecule has 0 aliphatic carbocycles. The van der Waals surface area contributed by atoms with Crippen LogP contribution in [0.2, 0.25) is 0 Å². The van der Waals surface area contributed by atoms with Gasteiger partial charge in [0, 0.05) is 90.9 Å². The van der Waals surface area contributed by atoms with Crippen LogP contribution in [0.1, 0.15) is 60.7 Å². The van der Waals surface area contributed by atoms with Crippen LogP contribution in [0.5, 0.6) is 5.75 Å². The minimum atomic E-state index is -0.347. The number of halogens is 1. The number of rotatable bonds is 9. The Morgan fingerprint density at radius 3 is 2.20 bits per heavy atom. The summed E-state index contributed by atoms with van der Waals surface area (Å²) < 4.78 is 18.4. The Hall–Kier alpha value is -5.58. The zero-order chi connectivity index (χ0) is 38.5. The van der Waals surface area contributed by atoms with Crippen LogP contribution in [0.25, 0.3) is 21.8 Å². The number of benzene rings is 4. The van der Waals surface area contributed by atoms with E-state index in [1.54, 1.807) is 12.0 Å². The fraction of sp³-hybridized carbons (Fsp3) is 0.311. The Morgan fingerprint density at radius 1 is 0.782 bits per heavy atom. The van der Waals surface area contributed by atoms with E-state index < -0.39 is 0 Å². The fourth-order valence-corrected chi connectivity index (χ4v) is 7.77. The standard InChI is InChI=1S/C23H23FN2O2.C22H25N3O2/c1-14-11-15(2)19-13-21(25-20(19)12-14)23(28)26-9-7-17(8-10-26)22(27)16-3-5-18(24)6-4-16;1-27-18-7-8-21-19(13-18)20(14-23-21)22(26)16-25-11-9-24(10-12-25)15-17-5-3-2-4-6-17/h3-6,11-13,17,25H,7-10H2,1-2H3;2-8,13-14,23H,9-12,15-16H2,1H3. The molecular weight excluding hydrogens is 694 g/mol. The molecule has 8 rings (SSSR count).